The van der Waals surface area contributed by atoms with E-state index < -0.39 is 46.4 Å². The molecule has 21 heteroatoms. The number of imidazole rings is 1. The van der Waals surface area contributed by atoms with Gasteiger partial charge in [-0.15, -0.1) is 0 Å². The summed E-state index contributed by atoms with van der Waals surface area (Å²) >= 11 is 5.76. The number of nitrogens with two attached hydrogens (primary N) is 1. The van der Waals surface area contributed by atoms with Crippen LogP contribution in [-0.2, 0) is 22.7 Å². The number of aliphatic hydroxyl groups is 2. The van der Waals surface area contributed by atoms with E-state index in [1.54, 1.807) is 0 Å². The van der Waals surface area contributed by atoms with Gasteiger partial charge in [-0.1, -0.05) is 0 Å². The third-order valence-corrected chi connectivity index (χ3v) is 6.05. The van der Waals surface area contributed by atoms with E-state index in [1.807, 2.05) is 0 Å². The molecule has 1 saturated heterocycles. The third-order valence-electron chi connectivity index (χ3n) is 3.67. The maximum Gasteiger partial charge on any atom is 1.00 e. The molecule has 3 radical (unpaired) electrons. The number of hydrogen-bond donors (Lipinski definition) is 3. The summed E-state index contributed by atoms with van der Waals surface area (Å²) < 4.78 is 37.0. The zero-order valence-electron chi connectivity index (χ0n) is 16.6. The third kappa shape index (κ3) is 8.21. The molecule has 14 nitrogen and oxygen atoms in total. The van der Waals surface area contributed by atoms with E-state index in [1.165, 1.54) is 10.9 Å². The number of anilines is 1. The van der Waals surface area contributed by atoms with E-state index in [4.69, 9.17) is 29.6 Å². The van der Waals surface area contributed by atoms with E-state index in [0.29, 0.717) is 0 Å². The number of rotatable bonds is 6. The number of fused-ring (bicyclic) bond motifs is 1. The first-order valence-electron chi connectivity index (χ1n) is 7.31. The van der Waals surface area contributed by atoms with Gasteiger partial charge in [0.2, 0.25) is 5.28 Å². The van der Waals surface area contributed by atoms with Crippen LogP contribution in [0.2, 0.25) is 5.28 Å². The van der Waals surface area contributed by atoms with Crippen molar-refractivity contribution < 1.29 is 131 Å². The summed E-state index contributed by atoms with van der Waals surface area (Å²) in [6.45, 7) is -0.771. The van der Waals surface area contributed by atoms with Crippen LogP contribution >= 0.6 is 26.9 Å². The topological polar surface area (TPSA) is 218 Å². The SMILES string of the molecule is [B-][P@](=O)(OC[C@H]1O[C@@H](n2cnc3c(N)nc(Cl)nc32)[C@H](O)[C@@H]1O)OP(=O)([O-])[O-].[Na+].[Na+].[Na+]. The minimum atomic E-state index is -5.68. The van der Waals surface area contributed by atoms with Crippen LogP contribution in [-0.4, -0.2) is 62.2 Å². The molecule has 0 amide bonds. The summed E-state index contributed by atoms with van der Waals surface area (Å²) in [7, 11) is -5.48. The van der Waals surface area contributed by atoms with Crippen molar-refractivity contribution in [1.29, 1.82) is 0 Å². The Kier molecular flexibility index (Phi) is 13.5. The molecule has 2 aromatic rings. The van der Waals surface area contributed by atoms with Gasteiger partial charge in [0.15, 0.2) is 17.7 Å². The van der Waals surface area contributed by atoms with Crippen LogP contribution in [0.3, 0.4) is 0 Å². The van der Waals surface area contributed by atoms with Crippen LogP contribution in [0.5, 0.6) is 0 Å². The number of ether oxygens (including phenoxy) is 1. The monoisotopic (exact) mass is 522 g/mol. The van der Waals surface area contributed by atoms with Gasteiger partial charge in [-0.3, -0.25) is 4.57 Å². The summed E-state index contributed by atoms with van der Waals surface area (Å²) in [6, 6.07) is 0. The van der Waals surface area contributed by atoms with Gasteiger partial charge in [0.1, 0.15) is 23.8 Å². The molecule has 0 bridgehead atoms. The number of aromatic nitrogens is 4. The molecule has 31 heavy (non-hydrogen) atoms. The smallest absolute Gasteiger partial charge is 0.790 e. The van der Waals surface area contributed by atoms with Crippen molar-refractivity contribution in [2.45, 2.75) is 24.5 Å². The summed E-state index contributed by atoms with van der Waals surface area (Å²) in [5.41, 5.74) is 5.95. The molecule has 1 aliphatic rings. The molecule has 0 spiro atoms. The van der Waals surface area contributed by atoms with E-state index >= 15 is 0 Å². The van der Waals surface area contributed by atoms with Gasteiger partial charge < -0.3 is 56.0 Å². The van der Waals surface area contributed by atoms with Crippen molar-refractivity contribution >= 4 is 51.4 Å². The zero-order chi connectivity index (χ0) is 20.9. The Morgan fingerprint density at radius 1 is 1.26 bits per heavy atom. The first-order chi connectivity index (χ1) is 12.9. The second-order valence-electron chi connectivity index (χ2n) is 5.61. The molecule has 3 rings (SSSR count). The Labute approximate surface area is 248 Å². The first-order valence-corrected chi connectivity index (χ1v) is 10.8. The van der Waals surface area contributed by atoms with Gasteiger partial charge in [0.25, 0.3) is 0 Å². The predicted octanol–water partition coefficient (Wildman–Crippen LogP) is -11.2. The van der Waals surface area contributed by atoms with Gasteiger partial charge >= 0.3 is 88.7 Å². The first kappa shape index (κ1) is 32.9. The molecule has 0 aromatic carbocycles. The second-order valence-corrected chi connectivity index (χ2v) is 8.84. The van der Waals surface area contributed by atoms with Crippen molar-refractivity contribution in [3.8, 4) is 0 Å². The number of nitrogens with zero attached hydrogens (tertiary/aromatic N) is 4. The van der Waals surface area contributed by atoms with Crippen LogP contribution in [0, 0.1) is 0 Å². The van der Waals surface area contributed by atoms with Crippen molar-refractivity contribution in [3.05, 3.63) is 11.6 Å². The van der Waals surface area contributed by atoms with Crippen molar-refractivity contribution in [2.75, 3.05) is 12.3 Å². The van der Waals surface area contributed by atoms with Gasteiger partial charge in [0, 0.05) is 0 Å². The van der Waals surface area contributed by atoms with Crippen molar-refractivity contribution in [1.82, 2.24) is 19.5 Å². The number of aliphatic hydroxyl groups excluding tert-OH is 2. The average molecular weight is 522 g/mol. The van der Waals surface area contributed by atoms with E-state index in [0.717, 1.165) is 0 Å². The fourth-order valence-corrected chi connectivity index (χ4v) is 4.36. The molecule has 0 saturated carbocycles. The predicted molar refractivity (Wildman–Crippen MR) is 88.7 cm³/mol. The largest absolute Gasteiger partial charge is 1.00 e. The van der Waals surface area contributed by atoms with Gasteiger partial charge in [-0.05, 0) is 11.6 Å². The van der Waals surface area contributed by atoms with Crippen molar-refractivity contribution in [3.63, 3.8) is 0 Å². The fraction of sp³-hybridized carbons (Fsp3) is 0.500. The maximum atomic E-state index is 11.6. The molecule has 2 aromatic heterocycles. The molecule has 0 unspecified atom stereocenters. The molecule has 3 heterocycles. The Morgan fingerprint density at radius 2 is 1.87 bits per heavy atom. The normalized spacial score (nSPS) is 25.2. The number of hydrogen-bond acceptors (Lipinski definition) is 13. The quantitative estimate of drug-likeness (QED) is 0.183. The zero-order valence-corrected chi connectivity index (χ0v) is 25.1. The molecule has 5 atom stereocenters. The second kappa shape index (κ2) is 12.7. The van der Waals surface area contributed by atoms with Crippen LogP contribution in [0.4, 0.5) is 5.82 Å². The fourth-order valence-electron chi connectivity index (χ4n) is 2.53. The van der Waals surface area contributed by atoms with E-state index in [9.17, 15) is 29.1 Å². The minimum Gasteiger partial charge on any atom is -0.790 e. The molecule has 1 aliphatic heterocycles. The number of halogens is 1. The Bertz CT molecular complexity index is 1000. The van der Waals surface area contributed by atoms with Crippen LogP contribution in [0.1, 0.15) is 6.23 Å². The summed E-state index contributed by atoms with van der Waals surface area (Å²) in [6.07, 6.45) is -4.49. The number of phosphoric acid groups is 1. The number of nitrogen functional groups attached to an aromatic ring is 1. The van der Waals surface area contributed by atoms with Crippen LogP contribution < -0.4 is 104 Å². The summed E-state index contributed by atoms with van der Waals surface area (Å²) in [4.78, 5) is 32.6. The van der Waals surface area contributed by atoms with E-state index in [-0.39, 0.29) is 111 Å². The van der Waals surface area contributed by atoms with Gasteiger partial charge in [0.05, 0.1) is 28.2 Å². The summed E-state index contributed by atoms with van der Waals surface area (Å²) in [5.74, 6) is -0.0254. The van der Waals surface area contributed by atoms with Gasteiger partial charge in [-0.2, -0.15) is 9.97 Å². The molecular weight excluding hydrogens is 511 g/mol. The molecule has 0 aliphatic carbocycles. The van der Waals surface area contributed by atoms with Gasteiger partial charge in [-0.25, -0.2) is 4.98 Å². The standard InChI is InChI=1S/C10H13BClN5O9P2.3Na/c11-27(20,26-28(21,22)23)24-1-3-5(18)6(19)9(25-3)17-2-14-4-7(13)15-10(12)16-8(4)17;;;/h2-3,5-6,9,18-19H,1H2,(H2,13,15,16)(H2,21,22,23);;;/q-1;3*+1/p-2/t3-,5-,6-,9-,27+;;;/m1.../s1. The molecule has 1 fully saturated rings. The van der Waals surface area contributed by atoms with Crippen LogP contribution in [0.15, 0.2) is 6.33 Å². The van der Waals surface area contributed by atoms with Crippen molar-refractivity contribution in [2.24, 2.45) is 0 Å². The Balaban J connectivity index is 0.00000300. The van der Waals surface area contributed by atoms with E-state index in [2.05, 4.69) is 23.8 Å². The Hall–Kier alpha value is 1.88. The van der Waals surface area contributed by atoms with Crippen LogP contribution in [0.25, 0.3) is 11.2 Å². The summed E-state index contributed by atoms with van der Waals surface area (Å²) in [5, 5.41) is 20.2. The Morgan fingerprint density at radius 3 is 2.45 bits per heavy atom. The minimum absolute atomic E-state index is 0. The molecule has 153 valence electrons. The average Bonchev–Trinajstić information content (AvgIpc) is 3.06. The molecular formula is C10H11BClN5Na3O9P2. The maximum absolute atomic E-state index is 11.6. The molecule has 4 N–H and O–H groups in total.